The summed E-state index contributed by atoms with van der Waals surface area (Å²) >= 11 is 3.58. The van der Waals surface area contributed by atoms with Crippen molar-refractivity contribution in [2.24, 2.45) is 5.92 Å². The van der Waals surface area contributed by atoms with Gasteiger partial charge in [-0.1, -0.05) is 44.2 Å². The number of nitrogens with one attached hydrogen (secondary N) is 1. The van der Waals surface area contributed by atoms with E-state index in [4.69, 9.17) is 4.74 Å². The molecule has 2 rings (SSSR count). The van der Waals surface area contributed by atoms with Gasteiger partial charge in [0.05, 0.1) is 4.47 Å². The number of ether oxygens (including phenoxy) is 1. The predicted molar refractivity (Wildman–Crippen MR) is 90.9 cm³/mol. The van der Waals surface area contributed by atoms with Gasteiger partial charge in [-0.25, -0.2) is 0 Å². The van der Waals surface area contributed by atoms with E-state index in [1.54, 1.807) is 0 Å². The van der Waals surface area contributed by atoms with Crippen molar-refractivity contribution in [2.75, 3.05) is 19.7 Å². The van der Waals surface area contributed by atoms with E-state index < -0.39 is 6.10 Å². The molecule has 2 aromatic carbocycles. The molecule has 1 atom stereocenters. The molecule has 114 valence electrons. The molecule has 2 N–H and O–H groups in total. The Bertz CT molecular complexity index is 586. The lowest BCUT2D eigenvalue weighted by molar-refractivity contribution is 0.105. The third-order valence-corrected chi connectivity index (χ3v) is 4.01. The van der Waals surface area contributed by atoms with Crippen LogP contribution in [0.2, 0.25) is 0 Å². The van der Waals surface area contributed by atoms with Crippen molar-refractivity contribution in [2.45, 2.75) is 20.0 Å². The summed E-state index contributed by atoms with van der Waals surface area (Å²) in [6, 6.07) is 12.1. The Morgan fingerprint density at radius 3 is 2.67 bits per heavy atom. The van der Waals surface area contributed by atoms with E-state index in [2.05, 4.69) is 41.2 Å². The number of benzene rings is 2. The first kappa shape index (κ1) is 16.3. The van der Waals surface area contributed by atoms with Crippen LogP contribution in [0.25, 0.3) is 10.8 Å². The number of hydrogen-bond donors (Lipinski definition) is 2. The molecule has 0 heterocycles. The Hall–Kier alpha value is -1.10. The summed E-state index contributed by atoms with van der Waals surface area (Å²) < 4.78 is 6.66. The monoisotopic (exact) mass is 351 g/mol. The third-order valence-electron chi connectivity index (χ3n) is 3.19. The van der Waals surface area contributed by atoms with E-state index in [0.29, 0.717) is 12.5 Å². The SMILES string of the molecule is CC(C)CNCC(O)COc1ccc2ccccc2c1Br. The molecule has 0 saturated heterocycles. The van der Waals surface area contributed by atoms with Crippen LogP contribution >= 0.6 is 15.9 Å². The molecule has 0 aromatic heterocycles. The van der Waals surface area contributed by atoms with Crippen LogP contribution in [-0.2, 0) is 0 Å². The molecule has 0 fully saturated rings. The zero-order valence-electron chi connectivity index (χ0n) is 12.5. The van der Waals surface area contributed by atoms with E-state index in [0.717, 1.165) is 27.5 Å². The highest BCUT2D eigenvalue weighted by molar-refractivity contribution is 9.10. The molecule has 0 aliphatic rings. The zero-order chi connectivity index (χ0) is 15.2. The maximum Gasteiger partial charge on any atom is 0.134 e. The highest BCUT2D eigenvalue weighted by Crippen LogP contribution is 2.33. The summed E-state index contributed by atoms with van der Waals surface area (Å²) in [6.45, 7) is 6.01. The van der Waals surface area contributed by atoms with E-state index in [1.807, 2.05) is 30.3 Å². The summed E-state index contributed by atoms with van der Waals surface area (Å²) in [5.41, 5.74) is 0. The molecule has 2 aromatic rings. The first-order chi connectivity index (χ1) is 10.1. The van der Waals surface area contributed by atoms with Crippen LogP contribution in [0, 0.1) is 5.92 Å². The highest BCUT2D eigenvalue weighted by Gasteiger charge is 2.09. The maximum atomic E-state index is 9.92. The van der Waals surface area contributed by atoms with Gasteiger partial charge in [0.25, 0.3) is 0 Å². The normalized spacial score (nSPS) is 12.8. The summed E-state index contributed by atoms with van der Waals surface area (Å²) in [5.74, 6) is 1.34. The lowest BCUT2D eigenvalue weighted by Crippen LogP contribution is -2.33. The van der Waals surface area contributed by atoms with Gasteiger partial charge in [0.2, 0.25) is 0 Å². The molecular weight excluding hydrogens is 330 g/mol. The summed E-state index contributed by atoms with van der Waals surface area (Å²) in [4.78, 5) is 0. The fourth-order valence-corrected chi connectivity index (χ4v) is 2.72. The second-order valence-corrected chi connectivity index (χ2v) is 6.41. The molecule has 0 bridgehead atoms. The minimum absolute atomic E-state index is 0.280. The fraction of sp³-hybridized carbons (Fsp3) is 0.412. The number of hydrogen-bond acceptors (Lipinski definition) is 3. The van der Waals surface area contributed by atoms with Gasteiger partial charge in [0.1, 0.15) is 18.5 Å². The van der Waals surface area contributed by atoms with Crippen LogP contribution in [0.1, 0.15) is 13.8 Å². The maximum absolute atomic E-state index is 9.92. The largest absolute Gasteiger partial charge is 0.490 e. The predicted octanol–water partition coefficient (Wildman–Crippen LogP) is 3.59. The van der Waals surface area contributed by atoms with Crippen LogP contribution in [-0.4, -0.2) is 30.9 Å². The van der Waals surface area contributed by atoms with Crippen molar-refractivity contribution in [3.05, 3.63) is 40.9 Å². The summed E-state index contributed by atoms with van der Waals surface area (Å²) in [5, 5.41) is 15.4. The zero-order valence-corrected chi connectivity index (χ0v) is 14.1. The molecule has 0 aliphatic heterocycles. The fourth-order valence-electron chi connectivity index (χ4n) is 2.11. The number of aliphatic hydroxyl groups excluding tert-OH is 1. The van der Waals surface area contributed by atoms with Gasteiger partial charge in [0.15, 0.2) is 0 Å². The lowest BCUT2D eigenvalue weighted by Gasteiger charge is -2.15. The van der Waals surface area contributed by atoms with Gasteiger partial charge in [-0.05, 0) is 45.2 Å². The second-order valence-electron chi connectivity index (χ2n) is 5.62. The molecule has 0 aliphatic carbocycles. The van der Waals surface area contributed by atoms with Crippen molar-refractivity contribution in [3.63, 3.8) is 0 Å². The van der Waals surface area contributed by atoms with Gasteiger partial charge in [0, 0.05) is 6.54 Å². The van der Waals surface area contributed by atoms with E-state index in [-0.39, 0.29) is 6.61 Å². The smallest absolute Gasteiger partial charge is 0.134 e. The highest BCUT2D eigenvalue weighted by atomic mass is 79.9. The minimum atomic E-state index is -0.512. The van der Waals surface area contributed by atoms with Gasteiger partial charge in [-0.15, -0.1) is 0 Å². The number of fused-ring (bicyclic) bond motifs is 1. The molecule has 1 unspecified atom stereocenters. The van der Waals surface area contributed by atoms with Crippen LogP contribution in [0.4, 0.5) is 0 Å². The number of halogens is 1. The average molecular weight is 352 g/mol. The van der Waals surface area contributed by atoms with Crippen LogP contribution in [0.5, 0.6) is 5.75 Å². The molecule has 0 radical (unpaired) electrons. The van der Waals surface area contributed by atoms with Crippen molar-refractivity contribution in [3.8, 4) is 5.75 Å². The van der Waals surface area contributed by atoms with Crippen LogP contribution in [0.3, 0.4) is 0 Å². The van der Waals surface area contributed by atoms with Crippen LogP contribution < -0.4 is 10.1 Å². The Morgan fingerprint density at radius 2 is 1.90 bits per heavy atom. The molecule has 0 amide bonds. The van der Waals surface area contributed by atoms with E-state index >= 15 is 0 Å². The third kappa shape index (κ3) is 4.70. The van der Waals surface area contributed by atoms with Crippen molar-refractivity contribution in [1.29, 1.82) is 0 Å². The summed E-state index contributed by atoms with van der Waals surface area (Å²) in [7, 11) is 0. The molecule has 4 heteroatoms. The van der Waals surface area contributed by atoms with E-state index in [1.165, 1.54) is 0 Å². The number of aliphatic hydroxyl groups is 1. The molecule has 0 saturated carbocycles. The van der Waals surface area contributed by atoms with Gasteiger partial charge in [-0.3, -0.25) is 0 Å². The first-order valence-corrected chi connectivity index (χ1v) is 8.06. The van der Waals surface area contributed by atoms with E-state index in [9.17, 15) is 5.11 Å². The van der Waals surface area contributed by atoms with Crippen molar-refractivity contribution in [1.82, 2.24) is 5.32 Å². The quantitative estimate of drug-likeness (QED) is 0.800. The minimum Gasteiger partial charge on any atom is -0.490 e. The second kappa shape index (κ2) is 7.78. The van der Waals surface area contributed by atoms with Gasteiger partial charge < -0.3 is 15.2 Å². The van der Waals surface area contributed by atoms with Crippen LogP contribution in [0.15, 0.2) is 40.9 Å². The topological polar surface area (TPSA) is 41.5 Å². The Balaban J connectivity index is 1.92. The molecule has 0 spiro atoms. The summed E-state index contributed by atoms with van der Waals surface area (Å²) in [6.07, 6.45) is -0.512. The average Bonchev–Trinajstić information content (AvgIpc) is 2.46. The first-order valence-electron chi connectivity index (χ1n) is 7.26. The molecule has 21 heavy (non-hydrogen) atoms. The standard InChI is InChI=1S/C17H22BrNO2/c1-12(2)9-19-10-14(20)11-21-16-8-7-13-5-3-4-6-15(13)17(16)18/h3-8,12,14,19-20H,9-11H2,1-2H3. The Kier molecular flexibility index (Phi) is 6.03. The van der Waals surface area contributed by atoms with Crippen molar-refractivity contribution >= 4 is 26.7 Å². The van der Waals surface area contributed by atoms with Gasteiger partial charge in [-0.2, -0.15) is 0 Å². The molecule has 3 nitrogen and oxygen atoms in total. The lowest BCUT2D eigenvalue weighted by atomic mass is 10.1. The Morgan fingerprint density at radius 1 is 1.14 bits per heavy atom. The van der Waals surface area contributed by atoms with Gasteiger partial charge >= 0.3 is 0 Å². The number of rotatable bonds is 7. The molecular formula is C17H22BrNO2. The Labute approximate surface area is 134 Å². The van der Waals surface area contributed by atoms with Crippen molar-refractivity contribution < 1.29 is 9.84 Å².